The van der Waals surface area contributed by atoms with Crippen molar-refractivity contribution in [3.8, 4) is 5.75 Å². The van der Waals surface area contributed by atoms with Gasteiger partial charge in [-0.15, -0.1) is 0 Å². The molecule has 0 radical (unpaired) electrons. The quantitative estimate of drug-likeness (QED) is 0.457. The second-order valence-corrected chi connectivity index (χ2v) is 8.29. The van der Waals surface area contributed by atoms with Crippen molar-refractivity contribution in [1.29, 1.82) is 0 Å². The lowest BCUT2D eigenvalue weighted by molar-refractivity contribution is -0.150. The highest BCUT2D eigenvalue weighted by molar-refractivity contribution is 6.05. The summed E-state index contributed by atoms with van der Waals surface area (Å²) in [5, 5.41) is 9.36. The van der Waals surface area contributed by atoms with Gasteiger partial charge in [-0.25, -0.2) is 4.79 Å². The summed E-state index contributed by atoms with van der Waals surface area (Å²) < 4.78 is 11.4. The molecule has 34 heavy (non-hydrogen) atoms. The summed E-state index contributed by atoms with van der Waals surface area (Å²) in [7, 11) is 0. The van der Waals surface area contributed by atoms with E-state index in [9.17, 15) is 14.7 Å². The standard InChI is InChI=1S/C28H29NO5/c1-2-16-34-27(28(31)32)18-20-11-13-22(14-12-20)33-17-15-29-24-9-5-3-7-21(24)19-26(30)23-8-4-6-10-25(23)29/h3-14,27H,2,15-19H2,1H3,(H,31,32). The van der Waals surface area contributed by atoms with Gasteiger partial charge in [-0.1, -0.05) is 49.4 Å². The van der Waals surface area contributed by atoms with E-state index >= 15 is 0 Å². The number of carboxylic acids is 1. The minimum atomic E-state index is -0.953. The Bertz CT molecular complexity index is 1140. The van der Waals surface area contributed by atoms with Crippen LogP contribution in [0.2, 0.25) is 0 Å². The van der Waals surface area contributed by atoms with E-state index in [0.29, 0.717) is 38.3 Å². The van der Waals surface area contributed by atoms with Crippen LogP contribution in [0.4, 0.5) is 11.4 Å². The third kappa shape index (κ3) is 5.46. The zero-order chi connectivity index (χ0) is 23.9. The van der Waals surface area contributed by atoms with Gasteiger partial charge in [-0.05, 0) is 47.9 Å². The third-order valence-electron chi connectivity index (χ3n) is 5.86. The molecule has 1 atom stereocenters. The summed E-state index contributed by atoms with van der Waals surface area (Å²) in [5.41, 5.74) is 4.52. The highest BCUT2D eigenvalue weighted by Crippen LogP contribution is 2.35. The Labute approximate surface area is 199 Å². The minimum Gasteiger partial charge on any atom is -0.492 e. The van der Waals surface area contributed by atoms with Gasteiger partial charge in [0, 0.05) is 30.7 Å². The Morgan fingerprint density at radius 1 is 0.971 bits per heavy atom. The number of carbonyl (C=O) groups excluding carboxylic acids is 1. The van der Waals surface area contributed by atoms with Crippen LogP contribution in [-0.4, -0.2) is 42.7 Å². The molecule has 0 spiro atoms. The molecule has 0 bridgehead atoms. The summed E-state index contributed by atoms with van der Waals surface area (Å²) in [6.45, 7) is 3.38. The normalized spacial score (nSPS) is 13.6. The van der Waals surface area contributed by atoms with Gasteiger partial charge < -0.3 is 19.5 Å². The summed E-state index contributed by atoms with van der Waals surface area (Å²) >= 11 is 0. The van der Waals surface area contributed by atoms with Crippen LogP contribution in [0, 0.1) is 0 Å². The average Bonchev–Trinajstić information content (AvgIpc) is 2.97. The molecule has 0 fully saturated rings. The first-order valence-electron chi connectivity index (χ1n) is 11.6. The number of anilines is 2. The molecule has 1 heterocycles. The van der Waals surface area contributed by atoms with Gasteiger partial charge in [0.05, 0.1) is 12.2 Å². The Kier molecular flexibility index (Phi) is 7.60. The van der Waals surface area contributed by atoms with Gasteiger partial charge in [0.25, 0.3) is 0 Å². The number of Topliss-reactive ketones (excluding diaryl/α,β-unsaturated/α-hetero) is 1. The molecule has 0 saturated heterocycles. The molecule has 6 heteroatoms. The van der Waals surface area contributed by atoms with E-state index in [1.54, 1.807) is 0 Å². The number of hydrogen-bond donors (Lipinski definition) is 1. The van der Waals surface area contributed by atoms with Crippen LogP contribution >= 0.6 is 0 Å². The minimum absolute atomic E-state index is 0.115. The molecule has 1 unspecified atom stereocenters. The predicted octanol–water partition coefficient (Wildman–Crippen LogP) is 5.06. The van der Waals surface area contributed by atoms with Crippen LogP contribution in [0.3, 0.4) is 0 Å². The zero-order valence-electron chi connectivity index (χ0n) is 19.3. The van der Waals surface area contributed by atoms with E-state index in [1.807, 2.05) is 79.7 Å². The molecule has 3 aromatic carbocycles. The maximum atomic E-state index is 12.8. The predicted molar refractivity (Wildman–Crippen MR) is 131 cm³/mol. The van der Waals surface area contributed by atoms with Gasteiger partial charge >= 0.3 is 5.97 Å². The molecule has 0 saturated carbocycles. The lowest BCUT2D eigenvalue weighted by Gasteiger charge is -2.26. The van der Waals surface area contributed by atoms with Crippen LogP contribution in [0.1, 0.15) is 34.8 Å². The van der Waals surface area contributed by atoms with Crippen molar-refractivity contribution in [2.75, 3.05) is 24.7 Å². The highest BCUT2D eigenvalue weighted by Gasteiger charge is 2.24. The van der Waals surface area contributed by atoms with Crippen molar-refractivity contribution in [3.05, 3.63) is 89.5 Å². The van der Waals surface area contributed by atoms with Crippen LogP contribution in [-0.2, 0) is 22.4 Å². The van der Waals surface area contributed by atoms with Crippen LogP contribution in [0.5, 0.6) is 5.75 Å². The number of fused-ring (bicyclic) bond motifs is 2. The largest absolute Gasteiger partial charge is 0.492 e. The lowest BCUT2D eigenvalue weighted by Crippen LogP contribution is -2.26. The summed E-state index contributed by atoms with van der Waals surface area (Å²) in [6.07, 6.45) is 0.616. The van der Waals surface area contributed by atoms with Gasteiger partial charge in [0.1, 0.15) is 12.4 Å². The van der Waals surface area contributed by atoms with Crippen LogP contribution in [0.25, 0.3) is 0 Å². The fraction of sp³-hybridized carbons (Fsp3) is 0.286. The molecular formula is C28H29NO5. The zero-order valence-corrected chi connectivity index (χ0v) is 19.3. The van der Waals surface area contributed by atoms with E-state index in [0.717, 1.165) is 34.5 Å². The lowest BCUT2D eigenvalue weighted by atomic mass is 10.0. The first-order valence-corrected chi connectivity index (χ1v) is 11.6. The van der Waals surface area contributed by atoms with E-state index in [-0.39, 0.29) is 5.78 Å². The Hall–Kier alpha value is -3.64. The molecule has 0 amide bonds. The molecule has 0 aliphatic carbocycles. The van der Waals surface area contributed by atoms with Crippen molar-refractivity contribution >= 4 is 23.1 Å². The molecule has 4 rings (SSSR count). The molecule has 0 aromatic heterocycles. The van der Waals surface area contributed by atoms with E-state index in [1.165, 1.54) is 0 Å². The number of nitrogens with zero attached hydrogens (tertiary/aromatic N) is 1. The van der Waals surface area contributed by atoms with E-state index in [4.69, 9.17) is 9.47 Å². The number of hydrogen-bond acceptors (Lipinski definition) is 5. The number of carbonyl (C=O) groups is 2. The van der Waals surface area contributed by atoms with Crippen molar-refractivity contribution < 1.29 is 24.2 Å². The summed E-state index contributed by atoms with van der Waals surface area (Å²) in [5.74, 6) is -0.132. The van der Waals surface area contributed by atoms with E-state index in [2.05, 4.69) is 4.90 Å². The number of ether oxygens (including phenoxy) is 2. The second-order valence-electron chi connectivity index (χ2n) is 8.29. The number of aliphatic carboxylic acids is 1. The van der Waals surface area contributed by atoms with Gasteiger partial charge in [-0.2, -0.15) is 0 Å². The Balaban J connectivity index is 1.43. The number of rotatable bonds is 10. The van der Waals surface area contributed by atoms with Crippen LogP contribution in [0.15, 0.2) is 72.8 Å². The van der Waals surface area contributed by atoms with Gasteiger partial charge in [-0.3, -0.25) is 4.79 Å². The molecule has 1 N–H and O–H groups in total. The van der Waals surface area contributed by atoms with Crippen LogP contribution < -0.4 is 9.64 Å². The number of ketones is 1. The molecule has 176 valence electrons. The van der Waals surface area contributed by atoms with Crippen molar-refractivity contribution in [3.63, 3.8) is 0 Å². The van der Waals surface area contributed by atoms with Crippen molar-refractivity contribution in [2.24, 2.45) is 0 Å². The first kappa shape index (κ1) is 23.5. The highest BCUT2D eigenvalue weighted by atomic mass is 16.5. The van der Waals surface area contributed by atoms with E-state index < -0.39 is 12.1 Å². The first-order chi connectivity index (χ1) is 16.6. The molecule has 6 nitrogen and oxygen atoms in total. The molecule has 1 aliphatic heterocycles. The van der Waals surface area contributed by atoms with Crippen molar-refractivity contribution in [2.45, 2.75) is 32.3 Å². The Morgan fingerprint density at radius 3 is 2.41 bits per heavy atom. The Morgan fingerprint density at radius 2 is 1.68 bits per heavy atom. The van der Waals surface area contributed by atoms with Gasteiger partial charge in [0.2, 0.25) is 0 Å². The maximum absolute atomic E-state index is 12.8. The molecule has 3 aromatic rings. The topological polar surface area (TPSA) is 76.1 Å². The van der Waals surface area contributed by atoms with Gasteiger partial charge in [0.15, 0.2) is 11.9 Å². The maximum Gasteiger partial charge on any atom is 0.333 e. The third-order valence-corrected chi connectivity index (χ3v) is 5.86. The SMILES string of the molecule is CCCOC(Cc1ccc(OCCN2c3ccccc3CC(=O)c3ccccc32)cc1)C(=O)O. The summed E-state index contributed by atoms with van der Waals surface area (Å²) in [4.78, 5) is 26.4. The second kappa shape index (κ2) is 11.0. The molecule has 1 aliphatic rings. The average molecular weight is 460 g/mol. The molecular weight excluding hydrogens is 430 g/mol. The number of para-hydroxylation sites is 2. The fourth-order valence-electron chi connectivity index (χ4n) is 4.18. The smallest absolute Gasteiger partial charge is 0.333 e. The monoisotopic (exact) mass is 459 g/mol. The van der Waals surface area contributed by atoms with Crippen molar-refractivity contribution in [1.82, 2.24) is 0 Å². The number of benzene rings is 3. The number of carboxylic acid groups (broad SMARTS) is 1. The fourth-order valence-corrected chi connectivity index (χ4v) is 4.18. The summed E-state index contributed by atoms with van der Waals surface area (Å²) in [6, 6.07) is 23.1.